The minimum absolute atomic E-state index is 0.148. The molecule has 9 heteroatoms. The summed E-state index contributed by atoms with van der Waals surface area (Å²) >= 11 is 7.87. The highest BCUT2D eigenvalue weighted by molar-refractivity contribution is 7.99. The average Bonchev–Trinajstić information content (AvgIpc) is 3.01. The molecule has 7 nitrogen and oxygen atoms in total. The molecule has 112 valence electrons. The quantitative estimate of drug-likeness (QED) is 0.922. The second-order valence-electron chi connectivity index (χ2n) is 4.88. The summed E-state index contributed by atoms with van der Waals surface area (Å²) in [4.78, 5) is 16.5. The van der Waals surface area contributed by atoms with E-state index in [1.54, 1.807) is 0 Å². The first-order chi connectivity index (χ1) is 10.3. The molecule has 1 fully saturated rings. The van der Waals surface area contributed by atoms with Gasteiger partial charge >= 0.3 is 0 Å². The Kier molecular flexibility index (Phi) is 4.54. The van der Waals surface area contributed by atoms with Crippen molar-refractivity contribution in [3.05, 3.63) is 17.9 Å². The third-order valence-electron chi connectivity index (χ3n) is 3.54. The molecule has 2 unspecified atom stereocenters. The first-order valence-corrected chi connectivity index (χ1v) is 8.49. The lowest BCUT2D eigenvalue weighted by Crippen LogP contribution is -2.35. The Morgan fingerprint density at radius 1 is 1.29 bits per heavy atom. The van der Waals surface area contributed by atoms with Crippen LogP contribution >= 0.6 is 23.4 Å². The average molecular weight is 326 g/mol. The molecule has 1 aliphatic carbocycles. The molecule has 21 heavy (non-hydrogen) atoms. The van der Waals surface area contributed by atoms with Crippen molar-refractivity contribution in [2.75, 3.05) is 11.6 Å². The molecule has 1 saturated carbocycles. The smallest absolute Gasteiger partial charge is 0.258 e. The summed E-state index contributed by atoms with van der Waals surface area (Å²) in [5.41, 5.74) is 0. The van der Waals surface area contributed by atoms with Crippen molar-refractivity contribution in [1.29, 1.82) is 0 Å². The maximum Gasteiger partial charge on any atom is 0.258 e. The maximum absolute atomic E-state index is 5.99. The van der Waals surface area contributed by atoms with Crippen molar-refractivity contribution < 1.29 is 0 Å². The predicted octanol–water partition coefficient (Wildman–Crippen LogP) is 2.19. The Balaban J connectivity index is 1.82. The van der Waals surface area contributed by atoms with E-state index in [4.69, 9.17) is 11.6 Å². The fraction of sp³-hybridized carbons (Fsp3) is 0.583. The molecule has 2 aromatic rings. The van der Waals surface area contributed by atoms with E-state index in [0.717, 1.165) is 6.42 Å². The molecule has 2 aromatic heterocycles. The van der Waals surface area contributed by atoms with E-state index in [-0.39, 0.29) is 5.28 Å². The third-order valence-corrected chi connectivity index (χ3v) is 4.88. The van der Waals surface area contributed by atoms with E-state index < -0.39 is 0 Å². The Labute approximate surface area is 131 Å². The number of nitrogens with zero attached hydrogens (tertiary/aromatic N) is 6. The number of aromatic nitrogens is 6. The number of nitrogens with one attached hydrogen (secondary N) is 1. The van der Waals surface area contributed by atoms with Gasteiger partial charge in [0.15, 0.2) is 0 Å². The van der Waals surface area contributed by atoms with Crippen LogP contribution < -0.4 is 5.32 Å². The van der Waals surface area contributed by atoms with Crippen molar-refractivity contribution in [3.8, 4) is 5.95 Å². The minimum atomic E-state index is 0.148. The number of anilines is 1. The van der Waals surface area contributed by atoms with E-state index in [0.29, 0.717) is 23.2 Å². The number of hydrogen-bond acceptors (Lipinski definition) is 7. The van der Waals surface area contributed by atoms with Crippen LogP contribution in [0, 0.1) is 0 Å². The van der Waals surface area contributed by atoms with Gasteiger partial charge < -0.3 is 5.32 Å². The summed E-state index contributed by atoms with van der Waals surface area (Å²) in [6, 6.07) is 0.357. The van der Waals surface area contributed by atoms with Crippen LogP contribution in [0.25, 0.3) is 5.95 Å². The van der Waals surface area contributed by atoms with Gasteiger partial charge in [-0.3, -0.25) is 0 Å². The first kappa shape index (κ1) is 14.5. The van der Waals surface area contributed by atoms with Crippen LogP contribution in [0.3, 0.4) is 0 Å². The Bertz CT molecular complexity index is 591. The molecule has 0 spiro atoms. The van der Waals surface area contributed by atoms with Crippen LogP contribution in [0.2, 0.25) is 5.28 Å². The molecule has 0 saturated heterocycles. The van der Waals surface area contributed by atoms with Gasteiger partial charge in [0.25, 0.3) is 5.95 Å². The van der Waals surface area contributed by atoms with Crippen LogP contribution in [0.5, 0.6) is 0 Å². The number of rotatable bonds is 4. The molecule has 1 aliphatic rings. The van der Waals surface area contributed by atoms with E-state index >= 15 is 0 Å². The zero-order chi connectivity index (χ0) is 14.7. The first-order valence-electron chi connectivity index (χ1n) is 6.82. The van der Waals surface area contributed by atoms with Gasteiger partial charge in [0.2, 0.25) is 11.2 Å². The monoisotopic (exact) mass is 325 g/mol. The highest BCUT2D eigenvalue weighted by atomic mass is 35.5. The van der Waals surface area contributed by atoms with Crippen molar-refractivity contribution in [2.24, 2.45) is 0 Å². The topological polar surface area (TPSA) is 81.4 Å². The molecule has 0 amide bonds. The summed E-state index contributed by atoms with van der Waals surface area (Å²) in [5, 5.41) is 8.13. The second kappa shape index (κ2) is 6.57. The van der Waals surface area contributed by atoms with E-state index in [1.807, 2.05) is 11.8 Å². The van der Waals surface area contributed by atoms with Crippen LogP contribution in [0.4, 0.5) is 5.95 Å². The molecule has 1 N–H and O–H groups in total. The molecular formula is C12H16ClN7S. The van der Waals surface area contributed by atoms with Crippen molar-refractivity contribution >= 4 is 29.3 Å². The molecule has 2 atom stereocenters. The van der Waals surface area contributed by atoms with Gasteiger partial charge in [-0.15, -0.1) is 0 Å². The lowest BCUT2D eigenvalue weighted by atomic mass is 9.95. The number of thioether (sulfide) groups is 1. The number of halogens is 1. The Hall–Kier alpha value is -1.41. The normalized spacial score (nSPS) is 22.2. The largest absolute Gasteiger partial charge is 0.350 e. The molecule has 3 rings (SSSR count). The SMILES string of the molecule is CSC1CCCCC1Nc1nc(Cl)nc(-n2cncn2)n1. The standard InChI is InChI=1S/C12H16ClN7S/c1-21-9-5-3-2-4-8(9)16-11-17-10(13)18-12(19-11)20-7-14-6-15-20/h6-9H,2-5H2,1H3,(H,16,17,18,19). The minimum Gasteiger partial charge on any atom is -0.350 e. The zero-order valence-electron chi connectivity index (χ0n) is 11.6. The van der Waals surface area contributed by atoms with Crippen LogP contribution in [0.15, 0.2) is 12.7 Å². The summed E-state index contributed by atoms with van der Waals surface area (Å²) in [6.07, 6.45) is 9.94. The second-order valence-corrected chi connectivity index (χ2v) is 6.29. The lowest BCUT2D eigenvalue weighted by molar-refractivity contribution is 0.473. The Morgan fingerprint density at radius 2 is 2.14 bits per heavy atom. The van der Waals surface area contributed by atoms with Gasteiger partial charge in [-0.1, -0.05) is 12.8 Å². The van der Waals surface area contributed by atoms with Gasteiger partial charge in [-0.05, 0) is 30.7 Å². The van der Waals surface area contributed by atoms with Crippen LogP contribution in [0.1, 0.15) is 25.7 Å². The van der Waals surface area contributed by atoms with Gasteiger partial charge in [-0.2, -0.15) is 36.5 Å². The predicted molar refractivity (Wildman–Crippen MR) is 82.9 cm³/mol. The Morgan fingerprint density at radius 3 is 2.90 bits per heavy atom. The van der Waals surface area contributed by atoms with E-state index in [9.17, 15) is 0 Å². The fourth-order valence-electron chi connectivity index (χ4n) is 2.53. The fourth-order valence-corrected chi connectivity index (χ4v) is 3.62. The molecule has 0 bridgehead atoms. The van der Waals surface area contributed by atoms with Gasteiger partial charge in [-0.25, -0.2) is 4.98 Å². The van der Waals surface area contributed by atoms with Gasteiger partial charge in [0.05, 0.1) is 0 Å². The lowest BCUT2D eigenvalue weighted by Gasteiger charge is -2.30. The van der Waals surface area contributed by atoms with Crippen LogP contribution in [-0.4, -0.2) is 47.3 Å². The third kappa shape index (κ3) is 3.44. The van der Waals surface area contributed by atoms with Gasteiger partial charge in [0, 0.05) is 11.3 Å². The number of hydrogen-bond donors (Lipinski definition) is 1. The van der Waals surface area contributed by atoms with Crippen molar-refractivity contribution in [3.63, 3.8) is 0 Å². The molecule has 0 aromatic carbocycles. The van der Waals surface area contributed by atoms with Crippen LogP contribution in [-0.2, 0) is 0 Å². The molecule has 0 radical (unpaired) electrons. The maximum atomic E-state index is 5.99. The summed E-state index contributed by atoms with van der Waals surface area (Å²) in [7, 11) is 0. The zero-order valence-corrected chi connectivity index (χ0v) is 13.2. The highest BCUT2D eigenvalue weighted by Gasteiger charge is 2.25. The highest BCUT2D eigenvalue weighted by Crippen LogP contribution is 2.29. The van der Waals surface area contributed by atoms with E-state index in [2.05, 4.69) is 36.6 Å². The summed E-state index contributed by atoms with van der Waals surface area (Å²) < 4.78 is 1.46. The van der Waals surface area contributed by atoms with Crippen molar-refractivity contribution in [2.45, 2.75) is 37.0 Å². The van der Waals surface area contributed by atoms with Gasteiger partial charge in [0.1, 0.15) is 12.7 Å². The van der Waals surface area contributed by atoms with Crippen molar-refractivity contribution in [1.82, 2.24) is 29.7 Å². The molecule has 2 heterocycles. The van der Waals surface area contributed by atoms with E-state index in [1.165, 1.54) is 36.6 Å². The summed E-state index contributed by atoms with van der Waals surface area (Å²) in [6.45, 7) is 0. The summed E-state index contributed by atoms with van der Waals surface area (Å²) in [5.74, 6) is 0.859. The molecular weight excluding hydrogens is 310 g/mol. The molecule has 0 aliphatic heterocycles.